The van der Waals surface area contributed by atoms with Gasteiger partial charge in [0, 0.05) is 6.07 Å². The zero-order valence-corrected chi connectivity index (χ0v) is 16.5. The molecule has 2 aromatic rings. The number of hydrogen-bond donors (Lipinski definition) is 0. The summed E-state index contributed by atoms with van der Waals surface area (Å²) in [5.74, 6) is 0.0401. The molecular formula is C19H23NO6S. The molecule has 0 aromatic heterocycles. The van der Waals surface area contributed by atoms with Gasteiger partial charge >= 0.3 is 5.97 Å². The Morgan fingerprint density at radius 2 is 1.70 bits per heavy atom. The minimum Gasteiger partial charge on any atom is -0.497 e. The number of benzene rings is 2. The molecule has 0 aliphatic rings. The normalized spacial score (nSPS) is 11.1. The predicted molar refractivity (Wildman–Crippen MR) is 102 cm³/mol. The molecule has 0 saturated heterocycles. The first kappa shape index (κ1) is 20.6. The molecule has 8 heteroatoms. The predicted octanol–water partition coefficient (Wildman–Crippen LogP) is 2.85. The van der Waals surface area contributed by atoms with E-state index in [1.807, 2.05) is 0 Å². The largest absolute Gasteiger partial charge is 0.497 e. The maximum Gasteiger partial charge on any atom is 0.327 e. The lowest BCUT2D eigenvalue weighted by atomic mass is 10.2. The third kappa shape index (κ3) is 4.91. The summed E-state index contributed by atoms with van der Waals surface area (Å²) in [5.41, 5.74) is 0.182. The topological polar surface area (TPSA) is 82.1 Å². The number of sulfonamides is 1. The number of ether oxygens (including phenoxy) is 3. The number of nitrogens with zero attached hydrogens (tertiary/aromatic N) is 1. The molecule has 0 saturated carbocycles. The molecule has 0 N–H and O–H groups in total. The fraction of sp³-hybridized carbons (Fsp3) is 0.316. The Morgan fingerprint density at radius 1 is 1.04 bits per heavy atom. The fourth-order valence-corrected chi connectivity index (χ4v) is 3.86. The molecule has 0 spiro atoms. The average Bonchev–Trinajstić information content (AvgIpc) is 2.65. The van der Waals surface area contributed by atoms with E-state index < -0.39 is 22.5 Å². The Balaban J connectivity index is 2.59. The van der Waals surface area contributed by atoms with Gasteiger partial charge in [0.05, 0.1) is 30.9 Å². The van der Waals surface area contributed by atoms with E-state index in [-0.39, 0.29) is 22.4 Å². The van der Waals surface area contributed by atoms with Gasteiger partial charge in [0.25, 0.3) is 10.0 Å². The molecule has 0 aliphatic carbocycles. The van der Waals surface area contributed by atoms with Gasteiger partial charge in [-0.1, -0.05) is 18.2 Å². The van der Waals surface area contributed by atoms with Crippen LogP contribution < -0.4 is 13.8 Å². The van der Waals surface area contributed by atoms with Crippen molar-refractivity contribution >= 4 is 21.7 Å². The summed E-state index contributed by atoms with van der Waals surface area (Å²) in [7, 11) is -1.16. The summed E-state index contributed by atoms with van der Waals surface area (Å²) in [5, 5.41) is 0. The molecule has 0 fully saturated rings. The molecule has 0 unspecified atom stereocenters. The molecule has 7 nitrogen and oxygen atoms in total. The first-order chi connectivity index (χ1) is 12.8. The second-order valence-electron chi connectivity index (χ2n) is 5.90. The monoisotopic (exact) mass is 393 g/mol. The summed E-state index contributed by atoms with van der Waals surface area (Å²) >= 11 is 0. The van der Waals surface area contributed by atoms with Gasteiger partial charge < -0.3 is 14.2 Å². The molecule has 2 aromatic carbocycles. The fourth-order valence-electron chi connectivity index (χ4n) is 2.43. The first-order valence-electron chi connectivity index (χ1n) is 8.29. The zero-order chi connectivity index (χ0) is 20.0. The van der Waals surface area contributed by atoms with E-state index >= 15 is 0 Å². The molecule has 0 atom stereocenters. The quantitative estimate of drug-likeness (QED) is 0.642. The van der Waals surface area contributed by atoms with Crippen LogP contribution in [0.2, 0.25) is 0 Å². The summed E-state index contributed by atoms with van der Waals surface area (Å²) < 4.78 is 43.1. The van der Waals surface area contributed by atoms with Crippen molar-refractivity contribution in [3.63, 3.8) is 0 Å². The van der Waals surface area contributed by atoms with Crippen LogP contribution in [0.5, 0.6) is 11.5 Å². The highest BCUT2D eigenvalue weighted by atomic mass is 32.2. The number of carbonyl (C=O) groups is 1. The molecule has 0 amide bonds. The van der Waals surface area contributed by atoms with Crippen LogP contribution in [0, 0.1) is 0 Å². The highest BCUT2D eigenvalue weighted by molar-refractivity contribution is 7.92. The van der Waals surface area contributed by atoms with Crippen molar-refractivity contribution < 1.29 is 27.4 Å². The average molecular weight is 393 g/mol. The molecular weight excluding hydrogens is 370 g/mol. The van der Waals surface area contributed by atoms with Gasteiger partial charge in [-0.2, -0.15) is 0 Å². The van der Waals surface area contributed by atoms with Crippen LogP contribution >= 0.6 is 0 Å². The third-order valence-electron chi connectivity index (χ3n) is 3.63. The standard InChI is InChI=1S/C19H23NO6S/c1-14(2)26-19(21)13-20(27(22,23)16-8-6-5-7-9-16)17-12-15(24-3)10-11-18(17)25-4/h5-12,14H,13H2,1-4H3. The number of carbonyl (C=O) groups excluding carboxylic acids is 1. The van der Waals surface area contributed by atoms with Crippen molar-refractivity contribution in [2.45, 2.75) is 24.8 Å². The van der Waals surface area contributed by atoms with Crippen molar-refractivity contribution in [2.75, 3.05) is 25.1 Å². The smallest absolute Gasteiger partial charge is 0.327 e. The van der Waals surface area contributed by atoms with Gasteiger partial charge in [0.1, 0.15) is 18.0 Å². The van der Waals surface area contributed by atoms with E-state index in [0.29, 0.717) is 5.75 Å². The molecule has 27 heavy (non-hydrogen) atoms. The van der Waals surface area contributed by atoms with Gasteiger partial charge in [-0.3, -0.25) is 9.10 Å². The van der Waals surface area contributed by atoms with Gasteiger partial charge in [-0.05, 0) is 38.1 Å². The van der Waals surface area contributed by atoms with Crippen molar-refractivity contribution in [1.29, 1.82) is 0 Å². The summed E-state index contributed by atoms with van der Waals surface area (Å²) in [6.07, 6.45) is -0.369. The Labute approximate surface area is 159 Å². The Kier molecular flexibility index (Phi) is 6.68. The van der Waals surface area contributed by atoms with Gasteiger partial charge in [-0.15, -0.1) is 0 Å². The Hall–Kier alpha value is -2.74. The third-order valence-corrected chi connectivity index (χ3v) is 5.40. The van der Waals surface area contributed by atoms with Crippen LogP contribution in [-0.2, 0) is 19.6 Å². The minimum atomic E-state index is -4.05. The lowest BCUT2D eigenvalue weighted by molar-refractivity contribution is -0.145. The highest BCUT2D eigenvalue weighted by Crippen LogP contribution is 2.35. The summed E-state index contributed by atoms with van der Waals surface area (Å²) in [6, 6.07) is 12.6. The molecule has 0 aliphatic heterocycles. The molecule has 0 heterocycles. The highest BCUT2D eigenvalue weighted by Gasteiger charge is 2.30. The number of hydrogen-bond acceptors (Lipinski definition) is 6. The lowest BCUT2D eigenvalue weighted by Crippen LogP contribution is -2.37. The lowest BCUT2D eigenvalue weighted by Gasteiger charge is -2.26. The Morgan fingerprint density at radius 3 is 2.26 bits per heavy atom. The van der Waals surface area contributed by atoms with Crippen LogP contribution in [0.15, 0.2) is 53.4 Å². The first-order valence-corrected chi connectivity index (χ1v) is 9.73. The van der Waals surface area contributed by atoms with Crippen molar-refractivity contribution in [2.24, 2.45) is 0 Å². The molecule has 2 rings (SSSR count). The van der Waals surface area contributed by atoms with Gasteiger partial charge in [-0.25, -0.2) is 8.42 Å². The summed E-state index contributed by atoms with van der Waals surface area (Å²) in [6.45, 7) is 2.89. The van der Waals surface area contributed by atoms with Crippen LogP contribution in [0.3, 0.4) is 0 Å². The molecule has 0 bridgehead atoms. The zero-order valence-electron chi connectivity index (χ0n) is 15.7. The summed E-state index contributed by atoms with van der Waals surface area (Å²) in [4.78, 5) is 12.3. The van der Waals surface area contributed by atoms with Crippen LogP contribution in [0.4, 0.5) is 5.69 Å². The van der Waals surface area contributed by atoms with Crippen molar-refractivity contribution in [3.05, 3.63) is 48.5 Å². The van der Waals surface area contributed by atoms with E-state index in [2.05, 4.69) is 0 Å². The minimum absolute atomic E-state index is 0.0484. The van der Waals surface area contributed by atoms with E-state index in [4.69, 9.17) is 14.2 Å². The van der Waals surface area contributed by atoms with Crippen LogP contribution in [-0.4, -0.2) is 41.3 Å². The second-order valence-corrected chi connectivity index (χ2v) is 7.76. The number of anilines is 1. The van der Waals surface area contributed by atoms with Crippen LogP contribution in [0.25, 0.3) is 0 Å². The van der Waals surface area contributed by atoms with Gasteiger partial charge in [0.2, 0.25) is 0 Å². The SMILES string of the molecule is COc1ccc(OC)c(N(CC(=O)OC(C)C)S(=O)(=O)c2ccccc2)c1. The number of rotatable bonds is 8. The van der Waals surface area contributed by atoms with Crippen molar-refractivity contribution in [1.82, 2.24) is 0 Å². The van der Waals surface area contributed by atoms with E-state index in [1.165, 1.54) is 32.4 Å². The van der Waals surface area contributed by atoms with Crippen molar-refractivity contribution in [3.8, 4) is 11.5 Å². The maximum atomic E-state index is 13.2. The van der Waals surface area contributed by atoms with E-state index in [0.717, 1.165) is 4.31 Å². The molecule has 146 valence electrons. The van der Waals surface area contributed by atoms with Gasteiger partial charge in [0.15, 0.2) is 0 Å². The van der Waals surface area contributed by atoms with Crippen LogP contribution in [0.1, 0.15) is 13.8 Å². The Bertz CT molecular complexity index is 880. The number of esters is 1. The van der Waals surface area contributed by atoms with E-state index in [9.17, 15) is 13.2 Å². The number of methoxy groups -OCH3 is 2. The maximum absolute atomic E-state index is 13.2. The van der Waals surface area contributed by atoms with E-state index in [1.54, 1.807) is 44.2 Å². The molecule has 0 radical (unpaired) electrons. The second kappa shape index (κ2) is 8.77.